The SMILES string of the molecule is COc1ccc(NC(=O)c2cccn(OCc3cccc(F)c3)c2=O)c(OC)c1. The van der Waals surface area contributed by atoms with Crippen molar-refractivity contribution in [3.63, 3.8) is 0 Å². The van der Waals surface area contributed by atoms with Crippen LogP contribution in [0.5, 0.6) is 11.5 Å². The van der Waals surface area contributed by atoms with Crippen LogP contribution < -0.4 is 25.2 Å². The molecule has 150 valence electrons. The number of methoxy groups -OCH3 is 2. The Kier molecular flexibility index (Phi) is 6.13. The molecule has 29 heavy (non-hydrogen) atoms. The van der Waals surface area contributed by atoms with E-state index >= 15 is 0 Å². The lowest BCUT2D eigenvalue weighted by Gasteiger charge is -2.12. The fourth-order valence-corrected chi connectivity index (χ4v) is 2.61. The van der Waals surface area contributed by atoms with Gasteiger partial charge in [-0.15, -0.1) is 0 Å². The number of halogens is 1. The zero-order valence-electron chi connectivity index (χ0n) is 15.8. The van der Waals surface area contributed by atoms with Crippen LogP contribution >= 0.6 is 0 Å². The maximum Gasteiger partial charge on any atom is 0.295 e. The normalized spacial score (nSPS) is 10.3. The second-order valence-electron chi connectivity index (χ2n) is 5.98. The Balaban J connectivity index is 1.78. The molecule has 0 aliphatic rings. The topological polar surface area (TPSA) is 78.8 Å². The zero-order valence-corrected chi connectivity index (χ0v) is 15.8. The van der Waals surface area contributed by atoms with Gasteiger partial charge < -0.3 is 19.6 Å². The number of hydrogen-bond donors (Lipinski definition) is 1. The van der Waals surface area contributed by atoms with E-state index in [0.29, 0.717) is 22.7 Å². The monoisotopic (exact) mass is 398 g/mol. The van der Waals surface area contributed by atoms with Crippen LogP contribution in [0.25, 0.3) is 0 Å². The quantitative estimate of drug-likeness (QED) is 0.662. The van der Waals surface area contributed by atoms with Crippen molar-refractivity contribution in [3.8, 4) is 11.5 Å². The molecule has 0 atom stereocenters. The van der Waals surface area contributed by atoms with Gasteiger partial charge in [0.1, 0.15) is 29.5 Å². The fraction of sp³-hybridized carbons (Fsp3) is 0.143. The molecular weight excluding hydrogens is 379 g/mol. The predicted molar refractivity (Wildman–Crippen MR) is 105 cm³/mol. The number of carbonyl (C=O) groups excluding carboxylic acids is 1. The van der Waals surface area contributed by atoms with Crippen molar-refractivity contribution in [3.05, 3.63) is 88.1 Å². The van der Waals surface area contributed by atoms with Gasteiger partial charge in [-0.3, -0.25) is 9.59 Å². The van der Waals surface area contributed by atoms with Crippen molar-refractivity contribution in [2.45, 2.75) is 6.61 Å². The van der Waals surface area contributed by atoms with Crippen LogP contribution in [0.3, 0.4) is 0 Å². The first-order valence-electron chi connectivity index (χ1n) is 8.64. The van der Waals surface area contributed by atoms with E-state index in [2.05, 4.69) is 5.32 Å². The lowest BCUT2D eigenvalue weighted by molar-refractivity contribution is 0.0862. The molecule has 1 aromatic heterocycles. The van der Waals surface area contributed by atoms with Crippen molar-refractivity contribution < 1.29 is 23.5 Å². The van der Waals surface area contributed by atoms with Crippen LogP contribution in [0, 0.1) is 5.82 Å². The molecular formula is C21H19FN2O5. The third kappa shape index (κ3) is 4.73. The summed E-state index contributed by atoms with van der Waals surface area (Å²) in [5.41, 5.74) is 0.169. The first-order chi connectivity index (χ1) is 14.0. The number of anilines is 1. The Bertz CT molecular complexity index is 1080. The molecule has 8 heteroatoms. The van der Waals surface area contributed by atoms with Crippen molar-refractivity contribution >= 4 is 11.6 Å². The van der Waals surface area contributed by atoms with Crippen LogP contribution in [0.1, 0.15) is 15.9 Å². The predicted octanol–water partition coefficient (Wildman–Crippen LogP) is 2.89. The zero-order chi connectivity index (χ0) is 20.8. The van der Waals surface area contributed by atoms with Crippen molar-refractivity contribution in [2.24, 2.45) is 0 Å². The van der Waals surface area contributed by atoms with Crippen LogP contribution in [-0.4, -0.2) is 24.9 Å². The van der Waals surface area contributed by atoms with E-state index in [1.807, 2.05) is 0 Å². The summed E-state index contributed by atoms with van der Waals surface area (Å²) in [7, 11) is 2.98. The molecule has 0 fully saturated rings. The molecule has 1 heterocycles. The summed E-state index contributed by atoms with van der Waals surface area (Å²) in [6.45, 7) is -0.0327. The Hall–Kier alpha value is -3.81. The summed E-state index contributed by atoms with van der Waals surface area (Å²) in [5, 5.41) is 2.64. The first-order valence-corrected chi connectivity index (χ1v) is 8.64. The maximum absolute atomic E-state index is 13.3. The maximum atomic E-state index is 13.3. The standard InChI is InChI=1S/C21H19FN2O5/c1-27-16-8-9-18(19(12-16)28-2)23-20(25)17-7-4-10-24(21(17)26)29-13-14-5-3-6-15(22)11-14/h3-12H,13H2,1-2H3,(H,23,25). The lowest BCUT2D eigenvalue weighted by atomic mass is 10.2. The molecule has 0 unspecified atom stereocenters. The number of benzene rings is 2. The Morgan fingerprint density at radius 1 is 1.07 bits per heavy atom. The molecule has 1 N–H and O–H groups in total. The van der Waals surface area contributed by atoms with Crippen LogP contribution in [0.15, 0.2) is 65.6 Å². The number of nitrogens with zero attached hydrogens (tertiary/aromatic N) is 1. The van der Waals surface area contributed by atoms with Gasteiger partial charge in [-0.05, 0) is 42.0 Å². The van der Waals surface area contributed by atoms with Gasteiger partial charge in [-0.1, -0.05) is 12.1 Å². The average molecular weight is 398 g/mol. The average Bonchev–Trinajstić information content (AvgIpc) is 2.73. The minimum absolute atomic E-state index is 0.0327. The number of rotatable bonds is 7. The molecule has 0 bridgehead atoms. The molecule has 0 saturated heterocycles. The van der Waals surface area contributed by atoms with Crippen LogP contribution in [-0.2, 0) is 6.61 Å². The number of ether oxygens (including phenoxy) is 2. The number of nitrogens with one attached hydrogen (secondary N) is 1. The summed E-state index contributed by atoms with van der Waals surface area (Å²) in [5.74, 6) is -0.0776. The largest absolute Gasteiger partial charge is 0.497 e. The molecule has 0 aliphatic heterocycles. The molecule has 0 radical (unpaired) electrons. The molecule has 3 rings (SSSR count). The highest BCUT2D eigenvalue weighted by Gasteiger charge is 2.15. The second kappa shape index (κ2) is 8.92. The third-order valence-corrected chi connectivity index (χ3v) is 4.08. The number of aromatic nitrogens is 1. The summed E-state index contributed by atoms with van der Waals surface area (Å²) in [6, 6.07) is 13.6. The number of hydrogen-bond acceptors (Lipinski definition) is 5. The van der Waals surface area contributed by atoms with E-state index in [9.17, 15) is 14.0 Å². The molecule has 0 aliphatic carbocycles. The van der Waals surface area contributed by atoms with Gasteiger partial charge in [0.25, 0.3) is 11.5 Å². The van der Waals surface area contributed by atoms with Gasteiger partial charge in [0, 0.05) is 12.3 Å². The van der Waals surface area contributed by atoms with E-state index < -0.39 is 17.3 Å². The highest BCUT2D eigenvalue weighted by molar-refractivity contribution is 6.04. The van der Waals surface area contributed by atoms with Gasteiger partial charge >= 0.3 is 0 Å². The molecule has 1 amide bonds. The summed E-state index contributed by atoms with van der Waals surface area (Å²) in [6.07, 6.45) is 1.38. The smallest absolute Gasteiger partial charge is 0.295 e. The number of carbonyl (C=O) groups is 1. The van der Waals surface area contributed by atoms with Crippen molar-refractivity contribution in [1.82, 2.24) is 4.73 Å². The Morgan fingerprint density at radius 3 is 2.62 bits per heavy atom. The van der Waals surface area contributed by atoms with Gasteiger partial charge in [0.05, 0.1) is 19.9 Å². The van der Waals surface area contributed by atoms with Crippen molar-refractivity contribution in [2.75, 3.05) is 19.5 Å². The van der Waals surface area contributed by atoms with Gasteiger partial charge in [-0.2, -0.15) is 4.73 Å². The van der Waals surface area contributed by atoms with E-state index in [1.165, 1.54) is 44.7 Å². The van der Waals surface area contributed by atoms with Gasteiger partial charge in [-0.25, -0.2) is 4.39 Å². The molecule has 7 nitrogen and oxygen atoms in total. The Morgan fingerprint density at radius 2 is 1.90 bits per heavy atom. The molecule has 2 aromatic carbocycles. The summed E-state index contributed by atoms with van der Waals surface area (Å²) in [4.78, 5) is 30.6. The van der Waals surface area contributed by atoms with E-state index in [1.54, 1.807) is 30.3 Å². The van der Waals surface area contributed by atoms with Crippen molar-refractivity contribution in [1.29, 1.82) is 0 Å². The van der Waals surface area contributed by atoms with Gasteiger partial charge in [0.15, 0.2) is 0 Å². The van der Waals surface area contributed by atoms with Crippen LogP contribution in [0.2, 0.25) is 0 Å². The molecule has 0 saturated carbocycles. The van der Waals surface area contributed by atoms with E-state index in [-0.39, 0.29) is 12.2 Å². The van der Waals surface area contributed by atoms with Gasteiger partial charge in [0.2, 0.25) is 0 Å². The number of pyridine rings is 1. The number of amides is 1. The van der Waals surface area contributed by atoms with E-state index in [0.717, 1.165) is 4.73 Å². The minimum Gasteiger partial charge on any atom is -0.497 e. The molecule has 3 aromatic rings. The van der Waals surface area contributed by atoms with Crippen LogP contribution in [0.4, 0.5) is 10.1 Å². The highest BCUT2D eigenvalue weighted by atomic mass is 19.1. The third-order valence-electron chi connectivity index (χ3n) is 4.08. The summed E-state index contributed by atoms with van der Waals surface area (Å²) >= 11 is 0. The summed E-state index contributed by atoms with van der Waals surface area (Å²) < 4.78 is 24.6. The lowest BCUT2D eigenvalue weighted by Crippen LogP contribution is -2.32. The highest BCUT2D eigenvalue weighted by Crippen LogP contribution is 2.29. The fourth-order valence-electron chi connectivity index (χ4n) is 2.61. The Labute approximate surface area is 166 Å². The van der Waals surface area contributed by atoms with E-state index in [4.69, 9.17) is 14.3 Å². The molecule has 0 spiro atoms. The first kappa shape index (κ1) is 19.9. The minimum atomic E-state index is -0.645. The second-order valence-corrected chi connectivity index (χ2v) is 5.98.